The molecule has 0 N–H and O–H groups in total. The van der Waals surface area contributed by atoms with Crippen LogP contribution < -0.4 is 0 Å². The van der Waals surface area contributed by atoms with Crippen LogP contribution in [0.1, 0.15) is 59.3 Å². The summed E-state index contributed by atoms with van der Waals surface area (Å²) >= 11 is 1.72. The van der Waals surface area contributed by atoms with Crippen molar-refractivity contribution in [1.82, 2.24) is 9.80 Å². The first kappa shape index (κ1) is 18.6. The van der Waals surface area contributed by atoms with E-state index < -0.39 is 0 Å². The van der Waals surface area contributed by atoms with Crippen LogP contribution in [0.25, 0.3) is 0 Å². The minimum Gasteiger partial charge on any atom is -0.342 e. The zero-order valence-electron chi connectivity index (χ0n) is 15.0. The van der Waals surface area contributed by atoms with E-state index in [1.807, 2.05) is 0 Å². The largest absolute Gasteiger partial charge is 0.342 e. The van der Waals surface area contributed by atoms with Crippen molar-refractivity contribution in [2.45, 2.75) is 64.5 Å². The molecule has 0 aromatic heterocycles. The molecule has 132 valence electrons. The van der Waals surface area contributed by atoms with E-state index in [0.717, 1.165) is 58.3 Å². The highest BCUT2D eigenvalue weighted by molar-refractivity contribution is 8.00. The Morgan fingerprint density at radius 3 is 2.78 bits per heavy atom. The molecule has 5 heteroatoms. The zero-order valence-corrected chi connectivity index (χ0v) is 15.8. The van der Waals surface area contributed by atoms with Crippen molar-refractivity contribution in [2.24, 2.45) is 5.41 Å². The molecule has 0 unspecified atom stereocenters. The fourth-order valence-electron chi connectivity index (χ4n) is 3.74. The predicted molar refractivity (Wildman–Crippen MR) is 96.6 cm³/mol. The summed E-state index contributed by atoms with van der Waals surface area (Å²) in [6, 6.07) is 0. The van der Waals surface area contributed by atoms with Crippen molar-refractivity contribution in [1.29, 1.82) is 0 Å². The molecule has 2 aliphatic rings. The second-order valence-corrected chi connectivity index (χ2v) is 9.01. The maximum Gasteiger partial charge on any atom is 0.232 e. The molecule has 2 saturated heterocycles. The molecule has 0 aliphatic carbocycles. The van der Waals surface area contributed by atoms with Crippen LogP contribution in [0.3, 0.4) is 0 Å². The Balaban J connectivity index is 1.95. The molecular formula is C18H32N2O2S. The van der Waals surface area contributed by atoms with Crippen molar-refractivity contribution in [3.63, 3.8) is 0 Å². The van der Waals surface area contributed by atoms with Gasteiger partial charge in [-0.3, -0.25) is 9.59 Å². The lowest BCUT2D eigenvalue weighted by Gasteiger charge is -2.48. The van der Waals surface area contributed by atoms with E-state index in [0.29, 0.717) is 23.3 Å². The van der Waals surface area contributed by atoms with Crippen molar-refractivity contribution in [2.75, 3.05) is 31.9 Å². The second-order valence-electron chi connectivity index (χ2n) is 7.45. The van der Waals surface area contributed by atoms with Crippen molar-refractivity contribution >= 4 is 23.6 Å². The Labute approximate surface area is 145 Å². The van der Waals surface area contributed by atoms with E-state index in [1.165, 1.54) is 0 Å². The van der Waals surface area contributed by atoms with E-state index in [-0.39, 0.29) is 11.3 Å². The molecule has 4 nitrogen and oxygen atoms in total. The maximum atomic E-state index is 12.5. The molecule has 0 aromatic carbocycles. The Bertz CT molecular complexity index is 427. The Morgan fingerprint density at radius 1 is 1.30 bits per heavy atom. The van der Waals surface area contributed by atoms with Gasteiger partial charge in [0.05, 0.1) is 5.75 Å². The maximum absolute atomic E-state index is 12.5. The van der Waals surface area contributed by atoms with Crippen LogP contribution in [0.2, 0.25) is 0 Å². The first-order valence-corrected chi connectivity index (χ1v) is 10.2. The van der Waals surface area contributed by atoms with Gasteiger partial charge < -0.3 is 9.80 Å². The van der Waals surface area contributed by atoms with Crippen molar-refractivity contribution in [3.8, 4) is 0 Å². The molecule has 2 fully saturated rings. The number of thioether (sulfide) groups is 1. The minimum absolute atomic E-state index is 0.151. The first-order chi connectivity index (χ1) is 11.0. The second kappa shape index (κ2) is 8.41. The smallest absolute Gasteiger partial charge is 0.232 e. The van der Waals surface area contributed by atoms with E-state index in [4.69, 9.17) is 0 Å². The number of carbonyl (C=O) groups excluding carboxylic acids is 2. The molecule has 0 radical (unpaired) electrons. The molecule has 23 heavy (non-hydrogen) atoms. The van der Waals surface area contributed by atoms with Gasteiger partial charge in [-0.15, -0.1) is 11.8 Å². The number of amides is 2. The van der Waals surface area contributed by atoms with E-state index >= 15 is 0 Å². The van der Waals surface area contributed by atoms with Gasteiger partial charge in [-0.25, -0.2) is 0 Å². The van der Waals surface area contributed by atoms with Gasteiger partial charge in [0.2, 0.25) is 11.8 Å². The molecule has 2 rings (SSSR count). The average molecular weight is 341 g/mol. The highest BCUT2D eigenvalue weighted by atomic mass is 32.2. The van der Waals surface area contributed by atoms with Gasteiger partial charge in [0, 0.05) is 38.0 Å². The summed E-state index contributed by atoms with van der Waals surface area (Å²) in [7, 11) is 0. The van der Waals surface area contributed by atoms with Gasteiger partial charge >= 0.3 is 0 Å². The van der Waals surface area contributed by atoms with Gasteiger partial charge in [0.15, 0.2) is 0 Å². The molecule has 2 amide bonds. The highest BCUT2D eigenvalue weighted by Crippen LogP contribution is 2.39. The first-order valence-electron chi connectivity index (χ1n) is 9.13. The topological polar surface area (TPSA) is 40.6 Å². The summed E-state index contributed by atoms with van der Waals surface area (Å²) < 4.78 is 0. The molecule has 1 spiro atoms. The van der Waals surface area contributed by atoms with Gasteiger partial charge in [0.1, 0.15) is 0 Å². The predicted octanol–water partition coefficient (Wildman–Crippen LogP) is 3.16. The normalized spacial score (nSPS) is 25.5. The molecule has 2 heterocycles. The van der Waals surface area contributed by atoms with Crippen LogP contribution in [-0.4, -0.2) is 58.8 Å². The Kier molecular flexibility index (Phi) is 6.81. The molecule has 0 aromatic rings. The van der Waals surface area contributed by atoms with Gasteiger partial charge in [-0.1, -0.05) is 27.2 Å². The van der Waals surface area contributed by atoms with Crippen molar-refractivity contribution < 1.29 is 9.59 Å². The number of unbranched alkanes of at least 4 members (excludes halogenated alkanes) is 1. The van der Waals surface area contributed by atoms with Crippen LogP contribution >= 0.6 is 11.8 Å². The molecule has 2 aliphatic heterocycles. The van der Waals surface area contributed by atoms with E-state index in [2.05, 4.69) is 30.6 Å². The standard InChI is InChI=1S/C18H32N2O2S/c1-4-5-10-19-13-18(9-7-16(19)21)8-6-11-20(14-18)17(22)12-23-15(2)3/h15H,4-14H2,1-3H3/t18-/m0/s1. The fraction of sp³-hybridized carbons (Fsp3) is 0.889. The SMILES string of the molecule is CCCCN1C[C@]2(CCCN(C(=O)CSC(C)C)C2)CCC1=O. The minimum atomic E-state index is 0.151. The summed E-state index contributed by atoms with van der Waals surface area (Å²) in [6.45, 7) is 9.91. The van der Waals surface area contributed by atoms with Crippen LogP contribution in [0.15, 0.2) is 0 Å². The molecule has 0 bridgehead atoms. The zero-order chi connectivity index (χ0) is 16.9. The number of rotatable bonds is 6. The number of nitrogens with zero attached hydrogens (tertiary/aromatic N) is 2. The quantitative estimate of drug-likeness (QED) is 0.746. The number of hydrogen-bond acceptors (Lipinski definition) is 3. The van der Waals surface area contributed by atoms with E-state index in [9.17, 15) is 9.59 Å². The number of hydrogen-bond donors (Lipinski definition) is 0. The lowest BCUT2D eigenvalue weighted by molar-refractivity contribution is -0.142. The summed E-state index contributed by atoms with van der Waals surface area (Å²) in [6.07, 6.45) is 6.04. The lowest BCUT2D eigenvalue weighted by Crippen LogP contribution is -2.55. The van der Waals surface area contributed by atoms with Gasteiger partial charge in [-0.05, 0) is 30.9 Å². The van der Waals surface area contributed by atoms with Gasteiger partial charge in [-0.2, -0.15) is 0 Å². The van der Waals surface area contributed by atoms with Crippen LogP contribution in [0.4, 0.5) is 0 Å². The van der Waals surface area contributed by atoms with Crippen LogP contribution in [0.5, 0.6) is 0 Å². The third-order valence-corrected chi connectivity index (χ3v) is 6.16. The summed E-state index contributed by atoms with van der Waals surface area (Å²) in [4.78, 5) is 28.8. The van der Waals surface area contributed by atoms with Crippen LogP contribution in [-0.2, 0) is 9.59 Å². The number of likely N-dealkylation sites (tertiary alicyclic amines) is 2. The Morgan fingerprint density at radius 2 is 2.09 bits per heavy atom. The highest BCUT2D eigenvalue weighted by Gasteiger charge is 2.42. The fourth-order valence-corrected chi connectivity index (χ4v) is 4.40. The summed E-state index contributed by atoms with van der Waals surface area (Å²) in [5, 5.41) is 0.495. The van der Waals surface area contributed by atoms with Crippen LogP contribution in [0, 0.1) is 5.41 Å². The number of piperidine rings is 2. The monoisotopic (exact) mass is 340 g/mol. The average Bonchev–Trinajstić information content (AvgIpc) is 2.54. The number of carbonyl (C=O) groups is 2. The summed E-state index contributed by atoms with van der Waals surface area (Å²) in [5.74, 6) is 1.18. The van der Waals surface area contributed by atoms with Gasteiger partial charge in [0.25, 0.3) is 0 Å². The molecule has 0 saturated carbocycles. The molecular weight excluding hydrogens is 308 g/mol. The summed E-state index contributed by atoms with van der Waals surface area (Å²) in [5.41, 5.74) is 0.151. The Hall–Kier alpha value is -0.710. The third kappa shape index (κ3) is 5.13. The lowest BCUT2D eigenvalue weighted by atomic mass is 9.73. The van der Waals surface area contributed by atoms with E-state index in [1.54, 1.807) is 11.8 Å². The van der Waals surface area contributed by atoms with Crippen molar-refractivity contribution in [3.05, 3.63) is 0 Å². The molecule has 1 atom stereocenters. The third-order valence-electron chi connectivity index (χ3n) is 5.08.